The van der Waals surface area contributed by atoms with E-state index in [0.717, 1.165) is 45.9 Å². The Morgan fingerprint density at radius 1 is 0.434 bits per heavy atom. The van der Waals surface area contributed by atoms with Gasteiger partial charge in [-0.3, -0.25) is 4.90 Å². The normalized spacial score (nSPS) is 18.6. The molecule has 0 spiro atoms. The van der Waals surface area contributed by atoms with Crippen molar-refractivity contribution in [1.29, 1.82) is 0 Å². The summed E-state index contributed by atoms with van der Waals surface area (Å²) >= 11 is 0. The first-order valence-corrected chi connectivity index (χ1v) is 28.1. The van der Waals surface area contributed by atoms with E-state index < -0.39 is 39.7 Å². The monoisotopic (exact) mass is 1180 g/mol. The molecule has 0 aliphatic carbocycles. The number of carboxylic acids is 5. The van der Waals surface area contributed by atoms with Crippen LogP contribution < -0.4 is 24.5 Å². The van der Waals surface area contributed by atoms with Gasteiger partial charge in [0.1, 0.15) is 60.7 Å². The zero-order valence-electron chi connectivity index (χ0n) is 45.3. The lowest BCUT2D eigenvalue weighted by atomic mass is 10.1. The Kier molecular flexibility index (Phi) is 23.8. The lowest BCUT2D eigenvalue weighted by molar-refractivity contribution is 0.0679. The van der Waals surface area contributed by atoms with Gasteiger partial charge in [0.15, 0.2) is 38.3 Å². The smallest absolute Gasteiger partial charge is 0.354 e. The highest BCUT2D eigenvalue weighted by Gasteiger charge is 2.26. The van der Waals surface area contributed by atoms with E-state index in [1.807, 2.05) is 21.6 Å². The van der Waals surface area contributed by atoms with Crippen molar-refractivity contribution >= 4 is 68.8 Å². The van der Waals surface area contributed by atoms with Crippen LogP contribution >= 0.6 is 0 Å². The molecule has 5 saturated heterocycles. The number of piperidine rings is 1. The molecule has 8 N–H and O–H groups in total. The summed E-state index contributed by atoms with van der Waals surface area (Å²) in [5.41, 5.74) is -0.115. The number of anilines is 5. The van der Waals surface area contributed by atoms with Crippen molar-refractivity contribution < 1.29 is 78.0 Å². The van der Waals surface area contributed by atoms with E-state index in [1.165, 1.54) is 62.0 Å². The Morgan fingerprint density at radius 3 is 1.02 bits per heavy atom. The predicted octanol–water partition coefficient (Wildman–Crippen LogP) is -0.630. The molecule has 10 heterocycles. The van der Waals surface area contributed by atoms with Crippen LogP contribution in [0, 0.1) is 0 Å². The number of aliphatic hydroxyl groups excluding tert-OH is 3. The van der Waals surface area contributed by atoms with Gasteiger partial charge in [-0.1, -0.05) is 0 Å². The average molecular weight is 1180 g/mol. The maximum absolute atomic E-state index is 11.2. The summed E-state index contributed by atoms with van der Waals surface area (Å²) < 4.78 is 27.8. The van der Waals surface area contributed by atoms with Crippen molar-refractivity contribution in [3.8, 4) is 0 Å². The number of aromatic carboxylic acids is 5. The van der Waals surface area contributed by atoms with Crippen LogP contribution in [-0.2, 0) is 14.6 Å². The van der Waals surface area contributed by atoms with Gasteiger partial charge in [-0.25, -0.2) is 82.2 Å². The topological polar surface area (TPSA) is 439 Å². The maximum Gasteiger partial charge on any atom is 0.354 e. The summed E-state index contributed by atoms with van der Waals surface area (Å²) in [6, 6.07) is 7.17. The van der Waals surface area contributed by atoms with E-state index in [0.29, 0.717) is 107 Å². The first-order chi connectivity index (χ1) is 39.7. The van der Waals surface area contributed by atoms with E-state index in [4.69, 9.17) is 30.3 Å². The van der Waals surface area contributed by atoms with Gasteiger partial charge >= 0.3 is 29.8 Å². The SMILES string of the molecule is CCOCCN1CCN(c2cc(C(=O)O)ncn2)CC1.O=C(O)c1cc(N2CCC(O)CC2)ncn1.O=C(O)c1cc(N2CCS(=O)(=O)CC2)ncn1.O=C(O)c1cc(N2CC[C@@H](O)C2)ncn1.O=C(O)c1cc(N2CC[C@H](O)C2)ncn1. The molecule has 0 bridgehead atoms. The average Bonchev–Trinajstić information content (AvgIpc) is 4.15. The van der Waals surface area contributed by atoms with Crippen LogP contribution in [0.4, 0.5) is 29.1 Å². The lowest BCUT2D eigenvalue weighted by Crippen LogP contribution is -2.47. The molecule has 5 aromatic rings. The van der Waals surface area contributed by atoms with Crippen molar-refractivity contribution in [2.45, 2.75) is 50.9 Å². The summed E-state index contributed by atoms with van der Waals surface area (Å²) in [5.74, 6) is -2.36. The van der Waals surface area contributed by atoms with Gasteiger partial charge in [-0.05, 0) is 32.6 Å². The van der Waals surface area contributed by atoms with Crippen molar-refractivity contribution in [3.05, 3.63) is 90.4 Å². The Morgan fingerprint density at radius 2 is 0.723 bits per heavy atom. The van der Waals surface area contributed by atoms with Gasteiger partial charge in [0.25, 0.3) is 0 Å². The largest absolute Gasteiger partial charge is 0.477 e. The Labute approximate surface area is 475 Å². The molecule has 0 amide bonds. The number of carboxylic acid groups (broad SMARTS) is 5. The number of carbonyl (C=O) groups is 5. The minimum atomic E-state index is -2.95. The number of aromatic nitrogens is 10. The molecule has 448 valence electrons. The number of β-amino-alcohol motifs (C(OH)–C–C–N with tert-alkyl or cyclic N) is 2. The van der Waals surface area contributed by atoms with Crippen LogP contribution in [-0.4, -0.2) is 262 Å². The number of rotatable bonds is 14. The third-order valence-corrected chi connectivity index (χ3v) is 14.9. The number of hydrogen-bond acceptors (Lipinski definition) is 27. The molecule has 33 heteroatoms. The number of sulfone groups is 1. The summed E-state index contributed by atoms with van der Waals surface area (Å²) in [5, 5.41) is 72.1. The highest BCUT2D eigenvalue weighted by Crippen LogP contribution is 2.21. The molecule has 2 atom stereocenters. The first kappa shape index (κ1) is 63.7. The van der Waals surface area contributed by atoms with Gasteiger partial charge in [0.2, 0.25) is 0 Å². The van der Waals surface area contributed by atoms with E-state index in [-0.39, 0.29) is 58.3 Å². The van der Waals surface area contributed by atoms with Crippen LogP contribution in [0.1, 0.15) is 85.0 Å². The molecule has 5 fully saturated rings. The molecule has 5 aliphatic rings. The number of nitrogens with zero attached hydrogens (tertiary/aromatic N) is 16. The molecule has 0 saturated carbocycles. The fraction of sp³-hybridized carbons (Fsp3) is 0.500. The molecular weight excluding hydrogens is 1110 g/mol. The second-order valence-corrected chi connectivity index (χ2v) is 21.3. The lowest BCUT2D eigenvalue weighted by Gasteiger charge is -2.35. The van der Waals surface area contributed by atoms with Gasteiger partial charge in [-0.15, -0.1) is 0 Å². The molecular formula is C50H66N16O16S. The fourth-order valence-electron chi connectivity index (χ4n) is 8.66. The quantitative estimate of drug-likeness (QED) is 0.0642. The number of ether oxygens (including phenoxy) is 1. The Hall–Kier alpha value is -8.50. The fourth-order valence-corrected chi connectivity index (χ4v) is 9.86. The van der Waals surface area contributed by atoms with Crippen LogP contribution in [0.3, 0.4) is 0 Å². The third kappa shape index (κ3) is 20.2. The van der Waals surface area contributed by atoms with Crippen LogP contribution in [0.25, 0.3) is 0 Å². The highest BCUT2D eigenvalue weighted by molar-refractivity contribution is 7.91. The number of hydrogen-bond donors (Lipinski definition) is 8. The van der Waals surface area contributed by atoms with Crippen LogP contribution in [0.15, 0.2) is 62.0 Å². The predicted molar refractivity (Wildman–Crippen MR) is 294 cm³/mol. The summed E-state index contributed by atoms with van der Waals surface area (Å²) in [6.45, 7) is 12.4. The molecule has 10 rings (SSSR count). The molecule has 0 unspecified atom stereocenters. The minimum absolute atomic E-state index is 0.00359. The minimum Gasteiger partial charge on any atom is -0.477 e. The van der Waals surface area contributed by atoms with Gasteiger partial charge in [0, 0.05) is 122 Å². The van der Waals surface area contributed by atoms with Crippen LogP contribution in [0.5, 0.6) is 0 Å². The second kappa shape index (κ2) is 31.1. The Balaban J connectivity index is 0.000000167. The Bertz CT molecular complexity index is 3000. The number of aliphatic hydroxyl groups is 3. The summed E-state index contributed by atoms with van der Waals surface area (Å²) in [4.78, 5) is 104. The molecule has 83 heavy (non-hydrogen) atoms. The first-order valence-electron chi connectivity index (χ1n) is 26.2. The van der Waals surface area contributed by atoms with E-state index in [2.05, 4.69) is 59.6 Å². The van der Waals surface area contributed by atoms with Crippen molar-refractivity contribution in [2.24, 2.45) is 0 Å². The number of piperazine rings is 1. The van der Waals surface area contributed by atoms with Crippen LogP contribution in [0.2, 0.25) is 0 Å². The third-order valence-electron chi connectivity index (χ3n) is 13.2. The molecule has 32 nitrogen and oxygen atoms in total. The highest BCUT2D eigenvalue weighted by atomic mass is 32.2. The van der Waals surface area contributed by atoms with E-state index in [1.54, 1.807) is 4.90 Å². The summed E-state index contributed by atoms with van der Waals surface area (Å²) in [7, 11) is -2.95. The maximum atomic E-state index is 11.2. The molecule has 5 aliphatic heterocycles. The molecule has 0 aromatic carbocycles. The molecule has 5 aromatic heterocycles. The second-order valence-electron chi connectivity index (χ2n) is 19.0. The van der Waals surface area contributed by atoms with Gasteiger partial charge in [-0.2, -0.15) is 0 Å². The van der Waals surface area contributed by atoms with E-state index in [9.17, 15) is 47.7 Å². The van der Waals surface area contributed by atoms with Crippen molar-refractivity contribution in [1.82, 2.24) is 54.7 Å². The molecule has 0 radical (unpaired) electrons. The van der Waals surface area contributed by atoms with Crippen molar-refractivity contribution in [3.63, 3.8) is 0 Å². The standard InChI is InChI=1S/C13H20N4O3.C10H13N3O3.C9H11N3O4S.2C9H11N3O3/c1-2-20-8-7-16-3-5-17(6-4-16)12-9-11(13(18)19)14-10-15-12;14-7-1-3-13(4-2-7)9-5-8(10(15)16)11-6-12-9;13-9(14)7-5-8(11-6-10-7)12-1-3-17(15,16)4-2-12;2*13-6-1-2-12(4-6)8-3-7(9(14)15)10-5-11-8/h9-10H,2-8H2,1H3,(H,18,19);5-7,14H,1-4H2,(H,15,16);5-6H,1-4H2,(H,13,14);2*3,5-6,13H,1-2,4H2,(H,14,15)/t;;;2*6-/m...10/s1. The van der Waals surface area contributed by atoms with Gasteiger partial charge < -0.3 is 70.1 Å². The van der Waals surface area contributed by atoms with Crippen molar-refractivity contribution in [2.75, 3.05) is 134 Å². The van der Waals surface area contributed by atoms with Gasteiger partial charge in [0.05, 0.1) is 36.4 Å². The van der Waals surface area contributed by atoms with E-state index >= 15 is 0 Å². The zero-order chi connectivity index (χ0) is 60.1. The zero-order valence-corrected chi connectivity index (χ0v) is 46.1. The summed E-state index contributed by atoms with van der Waals surface area (Å²) in [6.07, 6.45) is 7.97.